The summed E-state index contributed by atoms with van der Waals surface area (Å²) in [5, 5.41) is 3.30. The molecule has 0 amide bonds. The van der Waals surface area contributed by atoms with Crippen LogP contribution in [0.25, 0.3) is 5.57 Å². The van der Waals surface area contributed by atoms with Gasteiger partial charge in [-0.15, -0.1) is 0 Å². The van der Waals surface area contributed by atoms with Gasteiger partial charge in [0.05, 0.1) is 17.6 Å². The van der Waals surface area contributed by atoms with E-state index in [0.29, 0.717) is 0 Å². The number of hydrogen-bond acceptors (Lipinski definition) is 5. The lowest BCUT2D eigenvalue weighted by atomic mass is 10.1. The van der Waals surface area contributed by atoms with Crippen LogP contribution in [0, 0.1) is 0 Å². The minimum Gasteiger partial charge on any atom is -0.381 e. The third-order valence-corrected chi connectivity index (χ3v) is 5.51. The highest BCUT2D eigenvalue weighted by atomic mass is 16.5. The molecule has 0 saturated heterocycles. The van der Waals surface area contributed by atoms with Crippen molar-refractivity contribution in [1.29, 1.82) is 0 Å². The molecule has 1 unspecified atom stereocenters. The van der Waals surface area contributed by atoms with Gasteiger partial charge in [-0.3, -0.25) is 9.97 Å². The fourth-order valence-electron chi connectivity index (χ4n) is 3.52. The molecule has 1 aromatic rings. The first-order valence-corrected chi connectivity index (χ1v) is 12.5. The topological polar surface area (TPSA) is 56.3 Å². The third-order valence-electron chi connectivity index (χ3n) is 5.51. The summed E-state index contributed by atoms with van der Waals surface area (Å²) >= 11 is 0. The van der Waals surface area contributed by atoms with Gasteiger partial charge in [0, 0.05) is 37.8 Å². The zero-order valence-electron chi connectivity index (χ0n) is 19.8. The van der Waals surface area contributed by atoms with Crippen molar-refractivity contribution in [2.45, 2.75) is 97.1 Å². The van der Waals surface area contributed by atoms with Gasteiger partial charge in [-0.1, -0.05) is 64.9 Å². The Labute approximate surface area is 189 Å². The summed E-state index contributed by atoms with van der Waals surface area (Å²) in [7, 11) is 0. The number of nitrogens with one attached hydrogen (secondary N) is 1. The Morgan fingerprint density at radius 2 is 1.52 bits per heavy atom. The number of unbranched alkanes of at least 4 members (excludes halogenated alkanes) is 8. The molecule has 5 heteroatoms. The first-order valence-electron chi connectivity index (χ1n) is 12.5. The molecule has 0 aliphatic carbocycles. The number of nitrogens with zero attached hydrogens (tertiary/aromatic N) is 2. The summed E-state index contributed by atoms with van der Waals surface area (Å²) in [6.07, 6.45) is 24.3. The lowest BCUT2D eigenvalue weighted by Gasteiger charge is -2.19. The first kappa shape index (κ1) is 25.5. The molecule has 0 radical (unpaired) electrons. The number of hydrogen-bond donors (Lipinski definition) is 1. The summed E-state index contributed by atoms with van der Waals surface area (Å²) in [6.45, 7) is 7.02. The maximum Gasteiger partial charge on any atom is 0.146 e. The van der Waals surface area contributed by atoms with Gasteiger partial charge >= 0.3 is 0 Å². The lowest BCUT2D eigenvalue weighted by molar-refractivity contribution is 0.0682. The molecule has 5 nitrogen and oxygen atoms in total. The van der Waals surface area contributed by atoms with Crippen molar-refractivity contribution >= 4 is 5.57 Å². The molecule has 0 bridgehead atoms. The monoisotopic (exact) mass is 429 g/mol. The van der Waals surface area contributed by atoms with E-state index in [1.54, 1.807) is 0 Å². The van der Waals surface area contributed by atoms with Crippen LogP contribution >= 0.6 is 0 Å². The van der Waals surface area contributed by atoms with Crippen molar-refractivity contribution in [3.05, 3.63) is 42.1 Å². The first-order chi connectivity index (χ1) is 15.3. The highest BCUT2D eigenvalue weighted by Crippen LogP contribution is 2.16. The molecule has 1 aliphatic rings. The van der Waals surface area contributed by atoms with Gasteiger partial charge in [-0.25, -0.2) is 0 Å². The van der Waals surface area contributed by atoms with Crippen molar-refractivity contribution in [2.24, 2.45) is 0 Å². The zero-order valence-corrected chi connectivity index (χ0v) is 19.8. The fourth-order valence-corrected chi connectivity index (χ4v) is 3.52. The van der Waals surface area contributed by atoms with E-state index in [1.807, 2.05) is 18.6 Å². The summed E-state index contributed by atoms with van der Waals surface area (Å²) in [5.74, 6) is 0. The van der Waals surface area contributed by atoms with E-state index in [0.717, 1.165) is 62.5 Å². The molecule has 0 saturated carbocycles. The van der Waals surface area contributed by atoms with Crippen LogP contribution in [-0.2, 0) is 15.9 Å². The average molecular weight is 430 g/mol. The van der Waals surface area contributed by atoms with Crippen LogP contribution in [0.3, 0.4) is 0 Å². The van der Waals surface area contributed by atoms with Gasteiger partial charge in [0.2, 0.25) is 0 Å². The number of rotatable bonds is 18. The van der Waals surface area contributed by atoms with Crippen LogP contribution in [0.15, 0.2) is 30.7 Å². The van der Waals surface area contributed by atoms with E-state index in [2.05, 4.69) is 41.3 Å². The Kier molecular flexibility index (Phi) is 13.9. The molecule has 0 spiro atoms. The molecule has 174 valence electrons. The van der Waals surface area contributed by atoms with Crippen LogP contribution in [-0.4, -0.2) is 36.0 Å². The SMILES string of the molecule is CCCCCCCOC1C=CC(c2cnc(CCCCOCCCCCC)cn2)=CN1. The van der Waals surface area contributed by atoms with Gasteiger partial charge in [0.25, 0.3) is 0 Å². The summed E-state index contributed by atoms with van der Waals surface area (Å²) in [4.78, 5) is 9.18. The van der Waals surface area contributed by atoms with Gasteiger partial charge in [0.15, 0.2) is 0 Å². The molecule has 0 aromatic carbocycles. The maximum absolute atomic E-state index is 5.87. The second-order valence-electron chi connectivity index (χ2n) is 8.35. The normalized spacial score (nSPS) is 15.7. The molecule has 1 atom stereocenters. The highest BCUT2D eigenvalue weighted by Gasteiger charge is 2.10. The van der Waals surface area contributed by atoms with Gasteiger partial charge in [-0.05, 0) is 38.2 Å². The molecule has 2 rings (SSSR count). The summed E-state index contributed by atoms with van der Waals surface area (Å²) in [5.41, 5.74) is 2.98. The van der Waals surface area contributed by atoms with E-state index in [9.17, 15) is 0 Å². The van der Waals surface area contributed by atoms with E-state index >= 15 is 0 Å². The van der Waals surface area contributed by atoms with Crippen molar-refractivity contribution in [3.63, 3.8) is 0 Å². The molecule has 0 fully saturated rings. The predicted octanol–water partition coefficient (Wildman–Crippen LogP) is 6.21. The van der Waals surface area contributed by atoms with Crippen LogP contribution in [0.4, 0.5) is 0 Å². The maximum atomic E-state index is 5.87. The van der Waals surface area contributed by atoms with E-state index in [4.69, 9.17) is 9.47 Å². The van der Waals surface area contributed by atoms with Crippen molar-refractivity contribution in [1.82, 2.24) is 15.3 Å². The smallest absolute Gasteiger partial charge is 0.146 e. The van der Waals surface area contributed by atoms with Crippen LogP contribution in [0.1, 0.15) is 95.9 Å². The van der Waals surface area contributed by atoms with Crippen LogP contribution in [0.5, 0.6) is 0 Å². The van der Waals surface area contributed by atoms with Crippen molar-refractivity contribution in [2.75, 3.05) is 19.8 Å². The highest BCUT2D eigenvalue weighted by molar-refractivity contribution is 5.71. The van der Waals surface area contributed by atoms with Crippen molar-refractivity contribution < 1.29 is 9.47 Å². The van der Waals surface area contributed by atoms with E-state index in [1.165, 1.54) is 51.4 Å². The van der Waals surface area contributed by atoms with E-state index < -0.39 is 0 Å². The number of ether oxygens (including phenoxy) is 2. The van der Waals surface area contributed by atoms with Crippen molar-refractivity contribution in [3.8, 4) is 0 Å². The van der Waals surface area contributed by atoms with Gasteiger partial charge < -0.3 is 14.8 Å². The van der Waals surface area contributed by atoms with Crippen LogP contribution in [0.2, 0.25) is 0 Å². The molecule has 2 heterocycles. The quantitative estimate of drug-likeness (QED) is 0.281. The zero-order chi connectivity index (χ0) is 22.0. The minimum atomic E-state index is -0.0454. The second kappa shape index (κ2) is 16.9. The average Bonchev–Trinajstić information content (AvgIpc) is 2.81. The lowest BCUT2D eigenvalue weighted by Crippen LogP contribution is -2.28. The van der Waals surface area contributed by atoms with Crippen LogP contribution < -0.4 is 5.32 Å². The fraction of sp³-hybridized carbons (Fsp3) is 0.692. The Bertz CT molecular complexity index is 628. The largest absolute Gasteiger partial charge is 0.381 e. The number of dihydropyridines is 1. The Hall–Kier alpha value is -1.72. The molecular formula is C26H43N3O2. The van der Waals surface area contributed by atoms with E-state index in [-0.39, 0.29) is 6.23 Å². The minimum absolute atomic E-state index is 0.0454. The molecule has 1 N–H and O–H groups in total. The third kappa shape index (κ3) is 11.5. The number of allylic oxidation sites excluding steroid dienone is 2. The van der Waals surface area contributed by atoms with Gasteiger partial charge in [0.1, 0.15) is 6.23 Å². The molecular weight excluding hydrogens is 386 g/mol. The summed E-state index contributed by atoms with van der Waals surface area (Å²) < 4.78 is 11.6. The Morgan fingerprint density at radius 3 is 2.19 bits per heavy atom. The Balaban J connectivity index is 1.57. The predicted molar refractivity (Wildman–Crippen MR) is 129 cm³/mol. The Morgan fingerprint density at radius 1 is 0.806 bits per heavy atom. The molecule has 1 aromatic heterocycles. The standard InChI is InChI=1S/C26H43N3O2/c1-3-5-7-9-12-19-31-26-16-15-23(20-29-26)25-22-27-24(21-28-25)14-10-13-18-30-17-11-8-6-4-2/h15-16,20-22,26,29H,3-14,17-19H2,1-2H3. The molecule has 31 heavy (non-hydrogen) atoms. The van der Waals surface area contributed by atoms with Gasteiger partial charge in [-0.2, -0.15) is 0 Å². The summed E-state index contributed by atoms with van der Waals surface area (Å²) in [6, 6.07) is 0. The molecule has 1 aliphatic heterocycles. The second-order valence-corrected chi connectivity index (χ2v) is 8.35. The number of aromatic nitrogens is 2. The number of aryl methyl sites for hydroxylation is 1.